The van der Waals surface area contributed by atoms with Gasteiger partial charge in [0.25, 0.3) is 0 Å². The largest absolute Gasteiger partial charge is 0.494 e. The molecule has 1 atom stereocenters. The van der Waals surface area contributed by atoms with Gasteiger partial charge in [0.05, 0.1) is 12.6 Å². The van der Waals surface area contributed by atoms with Crippen LogP contribution in [0.15, 0.2) is 36.4 Å². The lowest BCUT2D eigenvalue weighted by atomic mass is 9.92. The normalized spacial score (nSPS) is 12.2. The molecule has 0 aliphatic heterocycles. The van der Waals surface area contributed by atoms with E-state index in [1.54, 1.807) is 0 Å². The van der Waals surface area contributed by atoms with E-state index < -0.39 is 0 Å². The van der Waals surface area contributed by atoms with Crippen molar-refractivity contribution in [2.24, 2.45) is 0 Å². The first kappa shape index (κ1) is 15.6. The quantitative estimate of drug-likeness (QED) is 0.882. The van der Waals surface area contributed by atoms with Gasteiger partial charge in [-0.3, -0.25) is 0 Å². The highest BCUT2D eigenvalue weighted by atomic mass is 16.5. The lowest BCUT2D eigenvalue weighted by molar-refractivity contribution is 0.334. The predicted octanol–water partition coefficient (Wildman–Crippen LogP) is 4.32. The number of aryl methyl sites for hydroxylation is 3. The highest BCUT2D eigenvalue weighted by molar-refractivity contribution is 5.46. The van der Waals surface area contributed by atoms with Crippen LogP contribution in [0.3, 0.4) is 0 Å². The molecule has 0 spiro atoms. The highest BCUT2D eigenvalue weighted by Gasteiger charge is 2.18. The van der Waals surface area contributed by atoms with Crippen LogP contribution in [0.1, 0.15) is 40.8 Å². The minimum absolute atomic E-state index is 0.145. The van der Waals surface area contributed by atoms with E-state index in [0.29, 0.717) is 6.61 Å². The summed E-state index contributed by atoms with van der Waals surface area (Å²) >= 11 is 0. The van der Waals surface area contributed by atoms with Crippen LogP contribution in [0.25, 0.3) is 0 Å². The van der Waals surface area contributed by atoms with E-state index in [0.717, 1.165) is 5.75 Å². The summed E-state index contributed by atoms with van der Waals surface area (Å²) in [5.41, 5.74) is 6.35. The first-order chi connectivity index (χ1) is 10.1. The minimum Gasteiger partial charge on any atom is -0.494 e. The smallest absolute Gasteiger partial charge is 0.124 e. The van der Waals surface area contributed by atoms with Crippen LogP contribution in [0.4, 0.5) is 0 Å². The number of hydrogen-bond donors (Lipinski definition) is 1. The minimum atomic E-state index is 0.145. The van der Waals surface area contributed by atoms with E-state index in [4.69, 9.17) is 4.74 Å². The van der Waals surface area contributed by atoms with Crippen molar-refractivity contribution in [3.8, 4) is 5.75 Å². The van der Waals surface area contributed by atoms with E-state index in [1.165, 1.54) is 27.8 Å². The average Bonchev–Trinajstić information content (AvgIpc) is 2.45. The second kappa shape index (κ2) is 6.77. The lowest BCUT2D eigenvalue weighted by Crippen LogP contribution is -2.20. The third-order valence-electron chi connectivity index (χ3n) is 3.80. The zero-order valence-electron chi connectivity index (χ0n) is 13.7. The van der Waals surface area contributed by atoms with E-state index in [9.17, 15) is 0 Å². The third kappa shape index (κ3) is 3.45. The lowest BCUT2D eigenvalue weighted by Gasteiger charge is -2.23. The number of rotatable bonds is 5. The fourth-order valence-electron chi connectivity index (χ4n) is 2.81. The second-order valence-electron chi connectivity index (χ2n) is 5.56. The molecule has 0 amide bonds. The van der Waals surface area contributed by atoms with Crippen molar-refractivity contribution in [1.82, 2.24) is 5.32 Å². The van der Waals surface area contributed by atoms with Crippen molar-refractivity contribution in [2.45, 2.75) is 33.7 Å². The van der Waals surface area contributed by atoms with Crippen LogP contribution in [0, 0.1) is 20.8 Å². The van der Waals surface area contributed by atoms with Crippen LogP contribution in [0.5, 0.6) is 5.75 Å². The topological polar surface area (TPSA) is 21.3 Å². The van der Waals surface area contributed by atoms with Crippen LogP contribution >= 0.6 is 0 Å². The van der Waals surface area contributed by atoms with Crippen molar-refractivity contribution in [2.75, 3.05) is 13.7 Å². The molecule has 2 rings (SSSR count). The Labute approximate surface area is 128 Å². The maximum Gasteiger partial charge on any atom is 0.124 e. The molecule has 0 heterocycles. The van der Waals surface area contributed by atoms with Gasteiger partial charge in [0.1, 0.15) is 5.75 Å². The van der Waals surface area contributed by atoms with Crippen LogP contribution in [-0.2, 0) is 0 Å². The molecule has 2 aromatic carbocycles. The number of nitrogens with one attached hydrogen (secondary N) is 1. The van der Waals surface area contributed by atoms with Crippen molar-refractivity contribution >= 4 is 0 Å². The summed E-state index contributed by atoms with van der Waals surface area (Å²) in [6.45, 7) is 9.12. The molecule has 0 bridgehead atoms. The Bertz CT molecular complexity index is 619. The zero-order chi connectivity index (χ0) is 15.4. The predicted molar refractivity (Wildman–Crippen MR) is 89.2 cm³/mol. The van der Waals surface area contributed by atoms with Gasteiger partial charge in [-0.15, -0.1) is 0 Å². The van der Waals surface area contributed by atoms with Gasteiger partial charge in [-0.2, -0.15) is 0 Å². The van der Waals surface area contributed by atoms with Crippen LogP contribution in [-0.4, -0.2) is 13.7 Å². The molecule has 0 fully saturated rings. The van der Waals surface area contributed by atoms with Gasteiger partial charge in [0.2, 0.25) is 0 Å². The van der Waals surface area contributed by atoms with Gasteiger partial charge < -0.3 is 10.1 Å². The summed E-state index contributed by atoms with van der Waals surface area (Å²) in [4.78, 5) is 0. The molecule has 0 saturated carbocycles. The molecule has 0 aliphatic carbocycles. The Morgan fingerprint density at radius 1 is 0.952 bits per heavy atom. The molecule has 0 aliphatic rings. The Balaban J connectivity index is 2.52. The number of benzene rings is 2. The Morgan fingerprint density at radius 2 is 1.62 bits per heavy atom. The van der Waals surface area contributed by atoms with Crippen molar-refractivity contribution < 1.29 is 4.74 Å². The summed E-state index contributed by atoms with van der Waals surface area (Å²) in [6, 6.07) is 13.1. The van der Waals surface area contributed by atoms with E-state index >= 15 is 0 Å². The summed E-state index contributed by atoms with van der Waals surface area (Å²) in [5.74, 6) is 0.961. The number of hydrogen-bond acceptors (Lipinski definition) is 2. The van der Waals surface area contributed by atoms with Crippen LogP contribution < -0.4 is 10.1 Å². The summed E-state index contributed by atoms with van der Waals surface area (Å²) in [6.07, 6.45) is 0. The molecular weight excluding hydrogens is 258 g/mol. The molecule has 0 saturated heterocycles. The molecule has 0 aromatic heterocycles. The monoisotopic (exact) mass is 283 g/mol. The Morgan fingerprint density at radius 3 is 2.24 bits per heavy atom. The maximum absolute atomic E-state index is 5.82. The van der Waals surface area contributed by atoms with Crippen molar-refractivity contribution in [3.63, 3.8) is 0 Å². The zero-order valence-corrected chi connectivity index (χ0v) is 13.7. The molecule has 2 nitrogen and oxygen atoms in total. The third-order valence-corrected chi connectivity index (χ3v) is 3.80. The molecule has 112 valence electrons. The summed E-state index contributed by atoms with van der Waals surface area (Å²) in [5, 5.41) is 3.44. The summed E-state index contributed by atoms with van der Waals surface area (Å²) < 4.78 is 5.82. The Kier molecular flexibility index (Phi) is 5.03. The van der Waals surface area contributed by atoms with Crippen LogP contribution in [0.2, 0.25) is 0 Å². The van der Waals surface area contributed by atoms with Crippen molar-refractivity contribution in [3.05, 3.63) is 64.2 Å². The molecule has 2 aromatic rings. The summed E-state index contributed by atoms with van der Waals surface area (Å²) in [7, 11) is 2.00. The Hall–Kier alpha value is -1.80. The van der Waals surface area contributed by atoms with Gasteiger partial charge in [-0.1, -0.05) is 41.5 Å². The van der Waals surface area contributed by atoms with Gasteiger partial charge in [0.15, 0.2) is 0 Å². The fourth-order valence-corrected chi connectivity index (χ4v) is 2.81. The SMILES string of the molecule is CCOc1ccc(C)cc1C(NC)c1ccc(C)cc1C. The van der Waals surface area contributed by atoms with Gasteiger partial charge in [0, 0.05) is 5.56 Å². The molecule has 21 heavy (non-hydrogen) atoms. The first-order valence-electron chi connectivity index (χ1n) is 7.54. The molecular formula is C19H25NO. The standard InChI is InChI=1S/C19H25NO/c1-6-21-18-10-8-14(3)12-17(18)19(20-5)16-9-7-13(2)11-15(16)4/h7-12,19-20H,6H2,1-5H3. The first-order valence-corrected chi connectivity index (χ1v) is 7.54. The molecule has 1 N–H and O–H groups in total. The fraction of sp³-hybridized carbons (Fsp3) is 0.368. The molecule has 1 unspecified atom stereocenters. The van der Waals surface area contributed by atoms with E-state index in [-0.39, 0.29) is 6.04 Å². The molecule has 0 radical (unpaired) electrons. The van der Waals surface area contributed by atoms with Gasteiger partial charge in [-0.25, -0.2) is 0 Å². The second-order valence-corrected chi connectivity index (χ2v) is 5.56. The van der Waals surface area contributed by atoms with Crippen molar-refractivity contribution in [1.29, 1.82) is 0 Å². The molecule has 2 heteroatoms. The van der Waals surface area contributed by atoms with E-state index in [2.05, 4.69) is 62.5 Å². The van der Waals surface area contributed by atoms with Gasteiger partial charge >= 0.3 is 0 Å². The number of ether oxygens (including phenoxy) is 1. The highest BCUT2D eigenvalue weighted by Crippen LogP contribution is 2.32. The van der Waals surface area contributed by atoms with Gasteiger partial charge in [-0.05, 0) is 51.9 Å². The maximum atomic E-state index is 5.82. The van der Waals surface area contributed by atoms with E-state index in [1.807, 2.05) is 14.0 Å². The average molecular weight is 283 g/mol.